The van der Waals surface area contributed by atoms with E-state index in [9.17, 15) is 4.79 Å². The third kappa shape index (κ3) is 4.54. The van der Waals surface area contributed by atoms with E-state index in [0.717, 1.165) is 73.5 Å². The van der Waals surface area contributed by atoms with Crippen LogP contribution in [0.25, 0.3) is 16.5 Å². The first-order valence-corrected chi connectivity index (χ1v) is 11.7. The molecule has 1 saturated heterocycles. The Morgan fingerprint density at radius 3 is 2.97 bits per heavy atom. The molecule has 33 heavy (non-hydrogen) atoms. The minimum atomic E-state index is -0.204. The number of ether oxygens (including phenoxy) is 1. The number of hydrogen-bond donors (Lipinski definition) is 1. The van der Waals surface area contributed by atoms with Crippen molar-refractivity contribution in [3.8, 4) is 11.4 Å². The second kappa shape index (κ2) is 9.58. The molecule has 3 heterocycles. The van der Waals surface area contributed by atoms with Crippen molar-refractivity contribution in [3.05, 3.63) is 82.8 Å². The lowest BCUT2D eigenvalue weighted by Gasteiger charge is -2.32. The highest BCUT2D eigenvalue weighted by molar-refractivity contribution is 5.89. The van der Waals surface area contributed by atoms with Crippen molar-refractivity contribution in [1.29, 1.82) is 0 Å². The van der Waals surface area contributed by atoms with Gasteiger partial charge in [0.1, 0.15) is 11.6 Å². The third-order valence-electron chi connectivity index (χ3n) is 6.24. The van der Waals surface area contributed by atoms with Crippen LogP contribution in [0.15, 0.2) is 65.7 Å². The van der Waals surface area contributed by atoms with Crippen LogP contribution >= 0.6 is 0 Å². The molecule has 1 N–H and O–H groups in total. The van der Waals surface area contributed by atoms with E-state index in [1.807, 2.05) is 36.4 Å². The Hall–Kier alpha value is -3.45. The van der Waals surface area contributed by atoms with Gasteiger partial charge >= 0.3 is 5.69 Å². The number of benzene rings is 2. The van der Waals surface area contributed by atoms with Crippen molar-refractivity contribution in [2.24, 2.45) is 0 Å². The van der Waals surface area contributed by atoms with E-state index in [1.165, 1.54) is 10.2 Å². The Kier molecular flexibility index (Phi) is 6.21. The highest BCUT2D eigenvalue weighted by Crippen LogP contribution is 2.28. The zero-order valence-corrected chi connectivity index (χ0v) is 18.9. The van der Waals surface area contributed by atoms with Crippen LogP contribution in [-0.2, 0) is 6.54 Å². The molecule has 1 unspecified atom stereocenters. The Bertz CT molecular complexity index is 1290. The number of aromatic amines is 1. The summed E-state index contributed by atoms with van der Waals surface area (Å²) in [6.07, 6.45) is 6.61. The summed E-state index contributed by atoms with van der Waals surface area (Å²) in [7, 11) is 0. The number of piperidine rings is 1. The fraction of sp³-hybridized carbons (Fsp3) is 0.346. The molecule has 0 spiro atoms. The maximum absolute atomic E-state index is 12.8. The molecule has 7 nitrogen and oxygen atoms in total. The number of para-hydroxylation sites is 1. The van der Waals surface area contributed by atoms with Crippen LogP contribution in [-0.4, -0.2) is 44.3 Å². The van der Waals surface area contributed by atoms with Gasteiger partial charge in [0, 0.05) is 47.7 Å². The standard InChI is InChI=1S/C26H29N5O2/c1-2-15-33-24-11-4-3-7-20(24)17-30-14-6-9-21(18-30)25-28-26(32)31(29-25)23-10-5-8-19-16-27-13-12-22(19)23/h3-5,7-8,10-13,16,21H,2,6,9,14-15,17-18H2,1H3,(H,28,29,32). The fourth-order valence-corrected chi connectivity index (χ4v) is 4.63. The molecule has 0 amide bonds. The molecule has 1 aliphatic heterocycles. The summed E-state index contributed by atoms with van der Waals surface area (Å²) in [6, 6.07) is 16.0. The van der Waals surface area contributed by atoms with Crippen LogP contribution < -0.4 is 10.4 Å². The van der Waals surface area contributed by atoms with Gasteiger partial charge in [-0.25, -0.2) is 4.79 Å². The number of rotatable bonds is 7. The van der Waals surface area contributed by atoms with Crippen LogP contribution in [0.2, 0.25) is 0 Å². The van der Waals surface area contributed by atoms with Crippen LogP contribution in [0, 0.1) is 0 Å². The first kappa shape index (κ1) is 21.4. The number of nitrogens with one attached hydrogen (secondary N) is 1. The van der Waals surface area contributed by atoms with E-state index in [-0.39, 0.29) is 11.6 Å². The van der Waals surface area contributed by atoms with Crippen molar-refractivity contribution in [1.82, 2.24) is 24.6 Å². The number of nitrogens with zero attached hydrogens (tertiary/aromatic N) is 4. The van der Waals surface area contributed by atoms with E-state index in [2.05, 4.69) is 33.9 Å². The molecule has 0 radical (unpaired) electrons. The number of aromatic nitrogens is 4. The highest BCUT2D eigenvalue weighted by Gasteiger charge is 2.25. The molecule has 1 atom stereocenters. The summed E-state index contributed by atoms with van der Waals surface area (Å²) in [4.78, 5) is 22.5. The van der Waals surface area contributed by atoms with Gasteiger partial charge in [0.15, 0.2) is 0 Å². The predicted molar refractivity (Wildman–Crippen MR) is 129 cm³/mol. The van der Waals surface area contributed by atoms with Crippen molar-refractivity contribution >= 4 is 10.8 Å². The van der Waals surface area contributed by atoms with E-state index < -0.39 is 0 Å². The minimum Gasteiger partial charge on any atom is -0.493 e. The van der Waals surface area contributed by atoms with Crippen molar-refractivity contribution in [3.63, 3.8) is 0 Å². The monoisotopic (exact) mass is 443 g/mol. The van der Waals surface area contributed by atoms with Gasteiger partial charge in [-0.1, -0.05) is 37.3 Å². The van der Waals surface area contributed by atoms with Crippen LogP contribution in [0.3, 0.4) is 0 Å². The van der Waals surface area contributed by atoms with Gasteiger partial charge in [0.05, 0.1) is 12.3 Å². The summed E-state index contributed by atoms with van der Waals surface area (Å²) in [6.45, 7) is 5.56. The summed E-state index contributed by atoms with van der Waals surface area (Å²) >= 11 is 0. The van der Waals surface area contributed by atoms with Gasteiger partial charge in [0.25, 0.3) is 0 Å². The summed E-state index contributed by atoms with van der Waals surface area (Å²) in [5, 5.41) is 6.68. The number of pyridine rings is 1. The number of fused-ring (bicyclic) bond motifs is 1. The van der Waals surface area contributed by atoms with E-state index in [1.54, 1.807) is 12.4 Å². The van der Waals surface area contributed by atoms with Crippen molar-refractivity contribution in [2.75, 3.05) is 19.7 Å². The van der Waals surface area contributed by atoms with Crippen LogP contribution in [0.5, 0.6) is 5.75 Å². The fourth-order valence-electron chi connectivity index (χ4n) is 4.63. The second-order valence-electron chi connectivity index (χ2n) is 8.63. The highest BCUT2D eigenvalue weighted by atomic mass is 16.5. The lowest BCUT2D eigenvalue weighted by molar-refractivity contribution is 0.193. The molecule has 0 aliphatic carbocycles. The molecule has 7 heteroatoms. The summed E-state index contributed by atoms with van der Waals surface area (Å²) in [5.74, 6) is 1.91. The quantitative estimate of drug-likeness (QED) is 0.461. The van der Waals surface area contributed by atoms with Gasteiger partial charge in [-0.05, 0) is 44.0 Å². The molecule has 1 fully saturated rings. The normalized spacial score (nSPS) is 16.8. The first-order chi connectivity index (χ1) is 16.2. The lowest BCUT2D eigenvalue weighted by atomic mass is 9.97. The van der Waals surface area contributed by atoms with Gasteiger partial charge in [-0.3, -0.25) is 14.9 Å². The first-order valence-electron chi connectivity index (χ1n) is 11.7. The molecule has 0 bridgehead atoms. The van der Waals surface area contributed by atoms with E-state index >= 15 is 0 Å². The summed E-state index contributed by atoms with van der Waals surface area (Å²) < 4.78 is 7.44. The van der Waals surface area contributed by atoms with Crippen molar-refractivity contribution < 1.29 is 4.74 Å². The molecular formula is C26H29N5O2. The van der Waals surface area contributed by atoms with E-state index in [4.69, 9.17) is 9.84 Å². The SMILES string of the molecule is CCCOc1ccccc1CN1CCCC(c2nn(-c3cccc4cnccc34)c(=O)[nH]2)C1. The minimum absolute atomic E-state index is 0.188. The molecule has 4 aromatic rings. The van der Waals surface area contributed by atoms with Gasteiger partial charge in [-0.15, -0.1) is 5.10 Å². The lowest BCUT2D eigenvalue weighted by Crippen LogP contribution is -2.34. The average Bonchev–Trinajstić information content (AvgIpc) is 3.25. The largest absolute Gasteiger partial charge is 0.493 e. The third-order valence-corrected chi connectivity index (χ3v) is 6.24. The Balaban J connectivity index is 1.36. The number of hydrogen-bond acceptors (Lipinski definition) is 5. The maximum atomic E-state index is 12.8. The Labute approximate surface area is 193 Å². The maximum Gasteiger partial charge on any atom is 0.348 e. The molecular weight excluding hydrogens is 414 g/mol. The molecule has 5 rings (SSSR count). The number of H-pyrrole nitrogens is 1. The molecule has 1 aliphatic rings. The van der Waals surface area contributed by atoms with Crippen molar-refractivity contribution in [2.45, 2.75) is 38.6 Å². The molecule has 2 aromatic heterocycles. The predicted octanol–water partition coefficient (Wildman–Crippen LogP) is 4.28. The van der Waals surface area contributed by atoms with Crippen LogP contribution in [0.1, 0.15) is 43.5 Å². The van der Waals surface area contributed by atoms with E-state index in [0.29, 0.717) is 0 Å². The zero-order chi connectivity index (χ0) is 22.6. The topological polar surface area (TPSA) is 76.0 Å². The average molecular weight is 444 g/mol. The van der Waals surface area contributed by atoms with Gasteiger partial charge < -0.3 is 4.74 Å². The van der Waals surface area contributed by atoms with Gasteiger partial charge in [-0.2, -0.15) is 4.68 Å². The zero-order valence-electron chi connectivity index (χ0n) is 18.9. The number of likely N-dealkylation sites (tertiary alicyclic amines) is 1. The molecule has 0 saturated carbocycles. The molecule has 2 aromatic carbocycles. The second-order valence-corrected chi connectivity index (χ2v) is 8.63. The smallest absolute Gasteiger partial charge is 0.348 e. The summed E-state index contributed by atoms with van der Waals surface area (Å²) in [5.41, 5.74) is 1.77. The Morgan fingerprint density at radius 2 is 2.06 bits per heavy atom. The molecule has 170 valence electrons. The Morgan fingerprint density at radius 1 is 1.15 bits per heavy atom. The van der Waals surface area contributed by atoms with Gasteiger partial charge in [0.2, 0.25) is 0 Å². The van der Waals surface area contributed by atoms with Crippen LogP contribution in [0.4, 0.5) is 0 Å².